The van der Waals surface area contributed by atoms with Gasteiger partial charge >= 0.3 is 5.97 Å². The van der Waals surface area contributed by atoms with E-state index >= 15 is 0 Å². The SMILES string of the molecule is COC(=O)c1cccc(NC(=O)c2ccc(S(=O)(=O)N(C)c3ccccc3OC)cc2)c1. The summed E-state index contributed by atoms with van der Waals surface area (Å²) in [6, 6.07) is 18.6. The van der Waals surface area contributed by atoms with E-state index in [9.17, 15) is 18.0 Å². The highest BCUT2D eigenvalue weighted by Crippen LogP contribution is 2.30. The first-order valence-corrected chi connectivity index (χ1v) is 10.9. The number of nitrogens with one attached hydrogen (secondary N) is 1. The van der Waals surface area contributed by atoms with Gasteiger partial charge in [-0.3, -0.25) is 9.10 Å². The second-order valence-corrected chi connectivity index (χ2v) is 8.66. The molecule has 0 spiro atoms. The summed E-state index contributed by atoms with van der Waals surface area (Å²) in [4.78, 5) is 24.2. The number of methoxy groups -OCH3 is 2. The van der Waals surface area contributed by atoms with Crippen molar-refractivity contribution in [1.82, 2.24) is 0 Å². The molecule has 32 heavy (non-hydrogen) atoms. The van der Waals surface area contributed by atoms with Crippen molar-refractivity contribution in [2.45, 2.75) is 4.90 Å². The average Bonchev–Trinajstić information content (AvgIpc) is 2.83. The van der Waals surface area contributed by atoms with Gasteiger partial charge in [-0.2, -0.15) is 0 Å². The molecule has 9 heteroatoms. The summed E-state index contributed by atoms with van der Waals surface area (Å²) in [5, 5.41) is 2.68. The minimum Gasteiger partial charge on any atom is -0.495 e. The van der Waals surface area contributed by atoms with E-state index in [4.69, 9.17) is 4.74 Å². The zero-order chi connectivity index (χ0) is 23.3. The van der Waals surface area contributed by atoms with Crippen LogP contribution in [0.25, 0.3) is 0 Å². The molecule has 0 radical (unpaired) electrons. The van der Waals surface area contributed by atoms with Crippen LogP contribution in [0.3, 0.4) is 0 Å². The summed E-state index contributed by atoms with van der Waals surface area (Å²) in [7, 11) is 0.297. The number of benzene rings is 3. The number of carbonyl (C=O) groups is 2. The molecule has 0 saturated heterocycles. The van der Waals surface area contributed by atoms with Crippen LogP contribution < -0.4 is 14.4 Å². The fourth-order valence-electron chi connectivity index (χ4n) is 3.00. The number of hydrogen-bond acceptors (Lipinski definition) is 6. The Morgan fingerprint density at radius 2 is 1.56 bits per heavy atom. The van der Waals surface area contributed by atoms with E-state index in [2.05, 4.69) is 10.1 Å². The summed E-state index contributed by atoms with van der Waals surface area (Å²) in [6.45, 7) is 0. The van der Waals surface area contributed by atoms with Crippen LogP contribution in [-0.2, 0) is 14.8 Å². The Balaban J connectivity index is 1.79. The summed E-state index contributed by atoms with van der Waals surface area (Å²) in [6.07, 6.45) is 0. The zero-order valence-electron chi connectivity index (χ0n) is 17.7. The number of sulfonamides is 1. The molecule has 3 aromatic rings. The van der Waals surface area contributed by atoms with Gasteiger partial charge in [-0.25, -0.2) is 13.2 Å². The Kier molecular flexibility index (Phi) is 6.79. The van der Waals surface area contributed by atoms with Crippen molar-refractivity contribution in [3.8, 4) is 5.75 Å². The fourth-order valence-corrected chi connectivity index (χ4v) is 4.21. The first kappa shape index (κ1) is 22.8. The van der Waals surface area contributed by atoms with Crippen LogP contribution in [0.1, 0.15) is 20.7 Å². The van der Waals surface area contributed by atoms with Crippen LogP contribution in [0.4, 0.5) is 11.4 Å². The Morgan fingerprint density at radius 1 is 0.875 bits per heavy atom. The average molecular weight is 455 g/mol. The summed E-state index contributed by atoms with van der Waals surface area (Å²) >= 11 is 0. The van der Waals surface area contributed by atoms with Crippen LogP contribution in [0.15, 0.2) is 77.7 Å². The van der Waals surface area contributed by atoms with Crippen molar-refractivity contribution in [3.05, 3.63) is 83.9 Å². The van der Waals surface area contributed by atoms with Crippen LogP contribution >= 0.6 is 0 Å². The minimum atomic E-state index is -3.87. The Bertz CT molecular complexity index is 1240. The van der Waals surface area contributed by atoms with Gasteiger partial charge in [-0.05, 0) is 54.6 Å². The van der Waals surface area contributed by atoms with Gasteiger partial charge in [0.2, 0.25) is 0 Å². The topological polar surface area (TPSA) is 102 Å². The van der Waals surface area contributed by atoms with Crippen molar-refractivity contribution in [2.24, 2.45) is 0 Å². The molecule has 0 aliphatic heterocycles. The van der Waals surface area contributed by atoms with Gasteiger partial charge in [-0.15, -0.1) is 0 Å². The van der Waals surface area contributed by atoms with Gasteiger partial charge < -0.3 is 14.8 Å². The number of rotatable bonds is 7. The molecule has 3 rings (SSSR count). The molecular formula is C23H22N2O6S. The zero-order valence-corrected chi connectivity index (χ0v) is 18.5. The van der Waals surface area contributed by atoms with Crippen LogP contribution in [0.2, 0.25) is 0 Å². The van der Waals surface area contributed by atoms with Gasteiger partial charge in [0.15, 0.2) is 0 Å². The Hall–Kier alpha value is -3.85. The molecule has 1 N–H and O–H groups in total. The van der Waals surface area contributed by atoms with Gasteiger partial charge in [0, 0.05) is 18.3 Å². The first-order chi connectivity index (χ1) is 15.3. The van der Waals surface area contributed by atoms with Gasteiger partial charge in [-0.1, -0.05) is 18.2 Å². The van der Waals surface area contributed by atoms with E-state index in [0.29, 0.717) is 22.7 Å². The maximum absolute atomic E-state index is 13.0. The van der Waals surface area contributed by atoms with E-state index in [0.717, 1.165) is 4.31 Å². The Labute approximate surface area is 186 Å². The molecule has 166 valence electrons. The van der Waals surface area contributed by atoms with Crippen molar-refractivity contribution in [1.29, 1.82) is 0 Å². The lowest BCUT2D eigenvalue weighted by molar-refractivity contribution is 0.0600. The molecule has 8 nitrogen and oxygen atoms in total. The number of ether oxygens (including phenoxy) is 2. The number of hydrogen-bond donors (Lipinski definition) is 1. The molecule has 0 saturated carbocycles. The molecule has 0 atom stereocenters. The van der Waals surface area contributed by atoms with E-state index in [1.54, 1.807) is 42.5 Å². The van der Waals surface area contributed by atoms with Crippen molar-refractivity contribution in [3.63, 3.8) is 0 Å². The van der Waals surface area contributed by atoms with Crippen molar-refractivity contribution in [2.75, 3.05) is 30.9 Å². The molecule has 1 amide bonds. The molecule has 3 aromatic carbocycles. The Morgan fingerprint density at radius 3 is 2.22 bits per heavy atom. The molecule has 0 aliphatic rings. The predicted octanol–water partition coefficient (Wildman–Crippen LogP) is 3.56. The van der Waals surface area contributed by atoms with Crippen molar-refractivity contribution < 1.29 is 27.5 Å². The predicted molar refractivity (Wildman–Crippen MR) is 121 cm³/mol. The van der Waals surface area contributed by atoms with Crippen LogP contribution in [0, 0.1) is 0 Å². The second kappa shape index (κ2) is 9.52. The molecular weight excluding hydrogens is 432 g/mol. The molecule has 0 unspecified atom stereocenters. The highest BCUT2D eigenvalue weighted by molar-refractivity contribution is 7.92. The second-order valence-electron chi connectivity index (χ2n) is 6.70. The van der Waals surface area contributed by atoms with E-state index < -0.39 is 21.9 Å². The summed E-state index contributed by atoms with van der Waals surface area (Å²) in [5.41, 5.74) is 1.35. The lowest BCUT2D eigenvalue weighted by Gasteiger charge is -2.21. The molecule has 0 fully saturated rings. The maximum atomic E-state index is 13.0. The van der Waals surface area contributed by atoms with E-state index in [1.807, 2.05) is 0 Å². The highest BCUT2D eigenvalue weighted by atomic mass is 32.2. The lowest BCUT2D eigenvalue weighted by Crippen LogP contribution is -2.27. The molecule has 0 bridgehead atoms. The number of amides is 1. The maximum Gasteiger partial charge on any atom is 0.337 e. The van der Waals surface area contributed by atoms with Gasteiger partial charge in [0.05, 0.1) is 30.4 Å². The third kappa shape index (κ3) is 4.73. The van der Waals surface area contributed by atoms with Crippen molar-refractivity contribution >= 4 is 33.3 Å². The third-order valence-corrected chi connectivity index (χ3v) is 6.53. The number of esters is 1. The van der Waals surface area contributed by atoms with E-state index in [-0.39, 0.29) is 10.5 Å². The number of anilines is 2. The molecule has 0 aromatic heterocycles. The monoisotopic (exact) mass is 454 g/mol. The van der Waals surface area contributed by atoms with Crippen LogP contribution in [-0.4, -0.2) is 41.6 Å². The highest BCUT2D eigenvalue weighted by Gasteiger charge is 2.24. The smallest absolute Gasteiger partial charge is 0.337 e. The quantitative estimate of drug-likeness (QED) is 0.548. The largest absolute Gasteiger partial charge is 0.495 e. The molecule has 0 aliphatic carbocycles. The summed E-state index contributed by atoms with van der Waals surface area (Å²) in [5.74, 6) is -0.548. The molecule has 0 heterocycles. The van der Waals surface area contributed by atoms with E-state index in [1.165, 1.54) is 51.6 Å². The minimum absolute atomic E-state index is 0.0233. The fraction of sp³-hybridized carbons (Fsp3) is 0.130. The van der Waals surface area contributed by atoms with Gasteiger partial charge in [0.1, 0.15) is 5.75 Å². The third-order valence-electron chi connectivity index (χ3n) is 4.74. The lowest BCUT2D eigenvalue weighted by atomic mass is 10.1. The van der Waals surface area contributed by atoms with Gasteiger partial charge in [0.25, 0.3) is 15.9 Å². The number of nitrogens with zero attached hydrogens (tertiary/aromatic N) is 1. The van der Waals surface area contributed by atoms with Crippen LogP contribution in [0.5, 0.6) is 5.75 Å². The normalized spacial score (nSPS) is 10.8. The standard InChI is InChI=1S/C23H22N2O6S/c1-25(20-9-4-5-10-21(20)30-2)32(28,29)19-13-11-16(12-14-19)22(26)24-18-8-6-7-17(15-18)23(27)31-3/h4-15H,1-3H3,(H,24,26). The summed E-state index contributed by atoms with van der Waals surface area (Å²) < 4.78 is 37.1. The first-order valence-electron chi connectivity index (χ1n) is 9.49. The number of para-hydroxylation sites is 2. The number of carbonyl (C=O) groups excluding carboxylic acids is 2.